The molecular weight excluding hydrogens is 306 g/mol. The second-order valence-corrected chi connectivity index (χ2v) is 5.70. The van der Waals surface area contributed by atoms with Gasteiger partial charge in [-0.15, -0.1) is 0 Å². The lowest BCUT2D eigenvalue weighted by Crippen LogP contribution is -2.39. The first-order valence-electron chi connectivity index (χ1n) is 8.00. The van der Waals surface area contributed by atoms with Crippen molar-refractivity contribution in [2.45, 2.75) is 19.6 Å². The molecule has 1 atom stereocenters. The van der Waals surface area contributed by atoms with E-state index in [0.717, 1.165) is 11.1 Å². The van der Waals surface area contributed by atoms with Crippen molar-refractivity contribution in [1.82, 2.24) is 0 Å². The molecule has 126 valence electrons. The first-order valence-corrected chi connectivity index (χ1v) is 8.00. The lowest BCUT2D eigenvalue weighted by atomic mass is 10.2. The Morgan fingerprint density at radius 1 is 1.21 bits per heavy atom. The summed E-state index contributed by atoms with van der Waals surface area (Å²) in [7, 11) is 0. The third-order valence-corrected chi connectivity index (χ3v) is 3.74. The van der Waals surface area contributed by atoms with Gasteiger partial charge in [-0.2, -0.15) is 0 Å². The molecule has 1 aliphatic rings. The van der Waals surface area contributed by atoms with Crippen LogP contribution in [0.1, 0.15) is 11.1 Å². The van der Waals surface area contributed by atoms with Crippen LogP contribution in [0.4, 0.5) is 5.69 Å². The van der Waals surface area contributed by atoms with Gasteiger partial charge in [-0.25, -0.2) is 0 Å². The van der Waals surface area contributed by atoms with E-state index in [2.05, 4.69) is 5.32 Å². The van der Waals surface area contributed by atoms with Crippen molar-refractivity contribution < 1.29 is 19.0 Å². The molecule has 5 nitrogen and oxygen atoms in total. The number of carbonyl (C=O) groups excluding carboxylic acids is 1. The third kappa shape index (κ3) is 4.34. The highest BCUT2D eigenvalue weighted by Gasteiger charge is 2.23. The number of anilines is 1. The number of hydrogen-bond donors (Lipinski definition) is 1. The van der Waals surface area contributed by atoms with E-state index in [1.54, 1.807) is 0 Å². The fourth-order valence-corrected chi connectivity index (χ4v) is 2.44. The van der Waals surface area contributed by atoms with Gasteiger partial charge in [0.1, 0.15) is 12.4 Å². The van der Waals surface area contributed by atoms with Crippen LogP contribution in [0.5, 0.6) is 5.75 Å². The summed E-state index contributed by atoms with van der Waals surface area (Å²) in [6, 6.07) is 15.6. The highest BCUT2D eigenvalue weighted by atomic mass is 16.6. The van der Waals surface area contributed by atoms with Crippen molar-refractivity contribution >= 4 is 11.6 Å². The molecule has 1 saturated heterocycles. The molecule has 0 spiro atoms. The van der Waals surface area contributed by atoms with Crippen LogP contribution in [0.2, 0.25) is 0 Å². The van der Waals surface area contributed by atoms with Gasteiger partial charge < -0.3 is 19.5 Å². The van der Waals surface area contributed by atoms with E-state index in [4.69, 9.17) is 14.2 Å². The molecule has 2 aromatic carbocycles. The number of aryl methyl sites for hydroxylation is 1. The minimum Gasteiger partial charge on any atom is -0.487 e. The van der Waals surface area contributed by atoms with Gasteiger partial charge >= 0.3 is 0 Å². The summed E-state index contributed by atoms with van der Waals surface area (Å²) in [5.74, 6) is 0.423. The maximum absolute atomic E-state index is 12.3. The number of carbonyl (C=O) groups is 1. The number of benzene rings is 2. The minimum absolute atomic E-state index is 0.219. The standard InChI is InChI=1S/C19H21NO4/c1-14-7-8-16(20-19(21)18-13-22-9-10-23-18)17(11-14)24-12-15-5-3-2-4-6-15/h2-8,11,18H,9-10,12-13H2,1H3,(H,20,21)/t18-/m0/s1. The van der Waals surface area contributed by atoms with Crippen LogP contribution in [-0.2, 0) is 20.9 Å². The van der Waals surface area contributed by atoms with E-state index < -0.39 is 6.10 Å². The fraction of sp³-hybridized carbons (Fsp3) is 0.316. The van der Waals surface area contributed by atoms with E-state index in [0.29, 0.717) is 31.3 Å². The van der Waals surface area contributed by atoms with Crippen molar-refractivity contribution in [1.29, 1.82) is 0 Å². The molecule has 1 heterocycles. The second-order valence-electron chi connectivity index (χ2n) is 5.70. The van der Waals surface area contributed by atoms with Crippen LogP contribution in [0, 0.1) is 6.92 Å². The molecule has 0 bridgehead atoms. The summed E-state index contributed by atoms with van der Waals surface area (Å²) in [6.07, 6.45) is -0.581. The van der Waals surface area contributed by atoms with Crippen LogP contribution in [0.15, 0.2) is 48.5 Å². The van der Waals surface area contributed by atoms with E-state index in [1.165, 1.54) is 0 Å². The van der Waals surface area contributed by atoms with E-state index in [9.17, 15) is 4.79 Å². The van der Waals surface area contributed by atoms with Crippen LogP contribution in [0.3, 0.4) is 0 Å². The van der Waals surface area contributed by atoms with Crippen LogP contribution in [-0.4, -0.2) is 31.8 Å². The average molecular weight is 327 g/mol. The second kappa shape index (κ2) is 7.95. The Labute approximate surface area is 141 Å². The van der Waals surface area contributed by atoms with E-state index in [-0.39, 0.29) is 12.5 Å². The van der Waals surface area contributed by atoms with Crippen molar-refractivity contribution in [3.8, 4) is 5.75 Å². The van der Waals surface area contributed by atoms with Gasteiger partial charge in [0, 0.05) is 0 Å². The zero-order chi connectivity index (χ0) is 16.8. The molecule has 0 aliphatic carbocycles. The molecule has 0 radical (unpaired) electrons. The fourth-order valence-electron chi connectivity index (χ4n) is 2.44. The zero-order valence-corrected chi connectivity index (χ0v) is 13.7. The highest BCUT2D eigenvalue weighted by molar-refractivity contribution is 5.95. The summed E-state index contributed by atoms with van der Waals surface area (Å²) in [6.45, 7) is 3.66. The SMILES string of the molecule is Cc1ccc(NC(=O)[C@@H]2COCCO2)c(OCc2ccccc2)c1. The van der Waals surface area contributed by atoms with Gasteiger partial charge in [0.25, 0.3) is 5.91 Å². The molecule has 0 saturated carbocycles. The molecule has 3 rings (SSSR count). The molecule has 24 heavy (non-hydrogen) atoms. The third-order valence-electron chi connectivity index (χ3n) is 3.74. The largest absolute Gasteiger partial charge is 0.487 e. The van der Waals surface area contributed by atoms with Gasteiger partial charge in [-0.1, -0.05) is 36.4 Å². The Bertz CT molecular complexity index is 681. The van der Waals surface area contributed by atoms with Crippen LogP contribution in [0.25, 0.3) is 0 Å². The molecule has 5 heteroatoms. The monoisotopic (exact) mass is 327 g/mol. The summed E-state index contributed by atoms with van der Waals surface area (Å²) in [4.78, 5) is 12.3. The minimum atomic E-state index is -0.581. The molecule has 1 fully saturated rings. The van der Waals surface area contributed by atoms with Crippen molar-refractivity contribution in [3.05, 3.63) is 59.7 Å². The Kier molecular flexibility index (Phi) is 5.46. The van der Waals surface area contributed by atoms with Crippen LogP contribution >= 0.6 is 0 Å². The predicted octanol–water partition coefficient (Wildman–Crippen LogP) is 2.93. The van der Waals surface area contributed by atoms with Gasteiger partial charge in [-0.05, 0) is 30.2 Å². The van der Waals surface area contributed by atoms with E-state index in [1.807, 2.05) is 55.5 Å². The Hall–Kier alpha value is -2.37. The topological polar surface area (TPSA) is 56.8 Å². The summed E-state index contributed by atoms with van der Waals surface area (Å²) in [5.41, 5.74) is 2.77. The number of ether oxygens (including phenoxy) is 3. The normalized spacial score (nSPS) is 17.3. The zero-order valence-electron chi connectivity index (χ0n) is 13.7. The molecule has 2 aromatic rings. The van der Waals surface area contributed by atoms with E-state index >= 15 is 0 Å². The Morgan fingerprint density at radius 3 is 2.79 bits per heavy atom. The molecule has 0 aromatic heterocycles. The predicted molar refractivity (Wildman–Crippen MR) is 91.1 cm³/mol. The number of nitrogens with one attached hydrogen (secondary N) is 1. The maximum Gasteiger partial charge on any atom is 0.256 e. The molecule has 0 unspecified atom stereocenters. The smallest absolute Gasteiger partial charge is 0.256 e. The van der Waals surface area contributed by atoms with Gasteiger partial charge in [-0.3, -0.25) is 4.79 Å². The van der Waals surface area contributed by atoms with Gasteiger partial charge in [0.2, 0.25) is 0 Å². The van der Waals surface area contributed by atoms with Crippen molar-refractivity contribution in [2.75, 3.05) is 25.1 Å². The highest BCUT2D eigenvalue weighted by Crippen LogP contribution is 2.27. The molecule has 1 amide bonds. The Morgan fingerprint density at radius 2 is 2.04 bits per heavy atom. The Balaban J connectivity index is 1.69. The summed E-state index contributed by atoms with van der Waals surface area (Å²) >= 11 is 0. The first-order chi connectivity index (χ1) is 11.7. The maximum atomic E-state index is 12.3. The van der Waals surface area contributed by atoms with Crippen LogP contribution < -0.4 is 10.1 Å². The molecule has 1 aliphatic heterocycles. The van der Waals surface area contributed by atoms with Gasteiger partial charge in [0.05, 0.1) is 25.5 Å². The lowest BCUT2D eigenvalue weighted by molar-refractivity contribution is -0.142. The molecule has 1 N–H and O–H groups in total. The quantitative estimate of drug-likeness (QED) is 0.917. The average Bonchev–Trinajstić information content (AvgIpc) is 2.63. The van der Waals surface area contributed by atoms with Crippen molar-refractivity contribution in [3.63, 3.8) is 0 Å². The number of rotatable bonds is 5. The number of hydrogen-bond acceptors (Lipinski definition) is 4. The number of amides is 1. The molecular formula is C19H21NO4. The lowest BCUT2D eigenvalue weighted by Gasteiger charge is -2.22. The summed E-state index contributed by atoms with van der Waals surface area (Å²) < 4.78 is 16.6. The van der Waals surface area contributed by atoms with Crippen molar-refractivity contribution in [2.24, 2.45) is 0 Å². The first kappa shape index (κ1) is 16.5. The van der Waals surface area contributed by atoms with Gasteiger partial charge in [0.15, 0.2) is 6.10 Å². The summed E-state index contributed by atoms with van der Waals surface area (Å²) in [5, 5.41) is 2.87.